The van der Waals surface area contributed by atoms with E-state index < -0.39 is 0 Å². The zero-order valence-electron chi connectivity index (χ0n) is 18.5. The third-order valence-electron chi connectivity index (χ3n) is 7.01. The number of fused-ring (bicyclic) bond motifs is 2. The molecule has 176 valence electrons. The molecule has 0 bridgehead atoms. The maximum absolute atomic E-state index is 12.9. The summed E-state index contributed by atoms with van der Waals surface area (Å²) in [6.45, 7) is 1.45. The summed E-state index contributed by atoms with van der Waals surface area (Å²) in [6.07, 6.45) is 8.76. The first-order chi connectivity index (χ1) is 16.4. The lowest BCUT2D eigenvalue weighted by molar-refractivity contribution is -0.605. The molecule has 3 aromatic rings. The van der Waals surface area contributed by atoms with Gasteiger partial charge in [0.05, 0.1) is 12.1 Å². The van der Waals surface area contributed by atoms with Gasteiger partial charge in [-0.25, -0.2) is 0 Å². The highest BCUT2D eigenvalue weighted by atomic mass is 79.9. The number of halogens is 3. The molecule has 1 atom stereocenters. The number of hydrogen-bond acceptors (Lipinski definition) is 3. The second kappa shape index (κ2) is 9.96. The molecule has 0 radical (unpaired) electrons. The van der Waals surface area contributed by atoms with E-state index in [1.807, 2.05) is 17.2 Å². The van der Waals surface area contributed by atoms with Crippen molar-refractivity contribution in [1.29, 1.82) is 0 Å². The van der Waals surface area contributed by atoms with Crippen molar-refractivity contribution in [3.8, 4) is 0 Å². The van der Waals surface area contributed by atoms with Gasteiger partial charge in [-0.05, 0) is 88.0 Å². The number of piperidine rings is 1. The second-order valence-corrected chi connectivity index (χ2v) is 11.3. The third-order valence-corrected chi connectivity index (χ3v) is 8.32. The Morgan fingerprint density at radius 2 is 1.82 bits per heavy atom. The molecule has 0 N–H and O–H groups in total. The first kappa shape index (κ1) is 23.8. The number of rotatable bonds is 3. The molecule has 5 nitrogen and oxygen atoms in total. The van der Waals surface area contributed by atoms with Crippen molar-refractivity contribution in [3.05, 3.63) is 96.0 Å². The van der Waals surface area contributed by atoms with Gasteiger partial charge in [0.1, 0.15) is 0 Å². The molecule has 1 saturated heterocycles. The van der Waals surface area contributed by atoms with E-state index >= 15 is 0 Å². The van der Waals surface area contributed by atoms with Crippen LogP contribution in [0.3, 0.4) is 0 Å². The molecule has 1 aromatic carbocycles. The van der Waals surface area contributed by atoms with Gasteiger partial charge in [0.15, 0.2) is 12.4 Å². The fourth-order valence-electron chi connectivity index (χ4n) is 5.36. The van der Waals surface area contributed by atoms with E-state index in [1.165, 1.54) is 29.1 Å². The van der Waals surface area contributed by atoms with Crippen LogP contribution in [0.15, 0.2) is 57.9 Å². The van der Waals surface area contributed by atoms with E-state index in [0.29, 0.717) is 12.3 Å². The Hall–Kier alpha value is -1.96. The molecule has 3 heterocycles. The first-order valence-electron chi connectivity index (χ1n) is 11.5. The van der Waals surface area contributed by atoms with Crippen molar-refractivity contribution in [1.82, 2.24) is 9.88 Å². The molecule has 1 aliphatic heterocycles. The van der Waals surface area contributed by atoms with Gasteiger partial charge in [0.2, 0.25) is 5.91 Å². The summed E-state index contributed by atoms with van der Waals surface area (Å²) < 4.78 is 2.77. The van der Waals surface area contributed by atoms with E-state index in [2.05, 4.69) is 44.0 Å². The lowest BCUT2D eigenvalue weighted by atomic mass is 9.76. The van der Waals surface area contributed by atoms with Crippen LogP contribution in [0.25, 0.3) is 0 Å². The Morgan fingerprint density at radius 1 is 1.12 bits per heavy atom. The summed E-state index contributed by atoms with van der Waals surface area (Å²) in [6, 6.07) is 9.70. The number of carbonyl (C=O) groups excluding carboxylic acids is 1. The van der Waals surface area contributed by atoms with Crippen molar-refractivity contribution < 1.29 is 9.52 Å². The minimum absolute atomic E-state index is 0.110. The molecule has 1 fully saturated rings. The van der Waals surface area contributed by atoms with Gasteiger partial charge in [0.25, 0.3) is 0 Å². The Kier molecular flexibility index (Phi) is 6.96. The average Bonchev–Trinajstić information content (AvgIpc) is 2.97. The van der Waals surface area contributed by atoms with Crippen molar-refractivity contribution in [2.75, 3.05) is 13.1 Å². The second-order valence-electron chi connectivity index (χ2n) is 9.10. The van der Waals surface area contributed by atoms with Crippen LogP contribution in [0.2, 0.25) is 5.02 Å². The number of pyridine rings is 2. The van der Waals surface area contributed by atoms with Gasteiger partial charge in [0, 0.05) is 51.3 Å². The fraction of sp³-hybridized carbons (Fsp3) is 0.346. The predicted octanol–water partition coefficient (Wildman–Crippen LogP) is 5.61. The van der Waals surface area contributed by atoms with Gasteiger partial charge < -0.3 is 10.1 Å². The zero-order valence-corrected chi connectivity index (χ0v) is 22.4. The topological polar surface area (TPSA) is 60.1 Å². The Morgan fingerprint density at radius 3 is 2.56 bits per heavy atom. The largest absolute Gasteiger partial charge is 0.619 e. The number of amides is 1. The van der Waals surface area contributed by atoms with Gasteiger partial charge in [-0.3, -0.25) is 9.78 Å². The normalized spacial score (nSPS) is 18.2. The van der Waals surface area contributed by atoms with Crippen LogP contribution < -0.4 is 4.73 Å². The maximum atomic E-state index is 12.9. The fourth-order valence-corrected chi connectivity index (χ4v) is 6.86. The summed E-state index contributed by atoms with van der Waals surface area (Å²) in [5.74, 6) is 0.645. The van der Waals surface area contributed by atoms with Crippen molar-refractivity contribution in [3.63, 3.8) is 0 Å². The summed E-state index contributed by atoms with van der Waals surface area (Å²) >= 11 is 13.8. The van der Waals surface area contributed by atoms with E-state index in [4.69, 9.17) is 16.6 Å². The van der Waals surface area contributed by atoms with Crippen LogP contribution in [-0.4, -0.2) is 28.9 Å². The Balaban J connectivity index is 1.40. The lowest BCUT2D eigenvalue weighted by Crippen LogP contribution is -2.41. The molecular formula is C26H24Br2ClN3O2. The number of aryl methyl sites for hydroxylation is 2. The van der Waals surface area contributed by atoms with Gasteiger partial charge in [-0.1, -0.05) is 27.5 Å². The average molecular weight is 606 g/mol. The molecule has 34 heavy (non-hydrogen) atoms. The molecule has 2 aromatic heterocycles. The highest BCUT2D eigenvalue weighted by Crippen LogP contribution is 2.46. The van der Waals surface area contributed by atoms with Crippen molar-refractivity contribution in [2.45, 2.75) is 38.0 Å². The number of nitrogens with zero attached hydrogens (tertiary/aromatic N) is 3. The molecule has 0 unspecified atom stereocenters. The van der Waals surface area contributed by atoms with Crippen LogP contribution in [-0.2, 0) is 24.1 Å². The summed E-state index contributed by atoms with van der Waals surface area (Å²) in [5.41, 5.74) is 5.85. The van der Waals surface area contributed by atoms with E-state index in [9.17, 15) is 10.0 Å². The monoisotopic (exact) mass is 603 g/mol. The van der Waals surface area contributed by atoms with Crippen LogP contribution in [0, 0.1) is 11.1 Å². The first-order valence-corrected chi connectivity index (χ1v) is 13.4. The summed E-state index contributed by atoms with van der Waals surface area (Å²) in [5, 5.41) is 12.0. The van der Waals surface area contributed by atoms with E-state index in [0.717, 1.165) is 68.7 Å². The molecular weight excluding hydrogens is 582 g/mol. The van der Waals surface area contributed by atoms with Gasteiger partial charge >= 0.3 is 0 Å². The minimum atomic E-state index is 0.110. The van der Waals surface area contributed by atoms with Gasteiger partial charge in [-0.15, -0.1) is 0 Å². The SMILES string of the molecule is O=C(Cc1cc[n+]([O-])cc1)N1CCC([C@@H]2c3ncc(Br)cc3CCc3cc(Cl)cc(Br)c32)CC1. The number of hydrogen-bond donors (Lipinski definition) is 0. The molecule has 1 aliphatic carbocycles. The zero-order chi connectivity index (χ0) is 23.8. The highest BCUT2D eigenvalue weighted by molar-refractivity contribution is 9.10. The number of carbonyl (C=O) groups is 1. The standard InChI is InChI=1S/C26H24Br2ClN3O2/c27-20-12-19-2-1-18-13-21(29)14-22(28)24(18)25(26(19)30-15-20)17-5-7-31(8-6-17)23(33)11-16-3-9-32(34)10-4-16/h3-4,9-10,12-15,17,25H,1-2,5-8,11H2/t25-/m0/s1. The van der Waals surface area contributed by atoms with Crippen LogP contribution in [0.1, 0.15) is 46.7 Å². The van der Waals surface area contributed by atoms with E-state index in [1.54, 1.807) is 12.1 Å². The van der Waals surface area contributed by atoms with Gasteiger partial charge in [-0.2, -0.15) is 4.73 Å². The third kappa shape index (κ3) is 4.88. The number of aromatic nitrogens is 2. The van der Waals surface area contributed by atoms with Crippen LogP contribution >= 0.6 is 43.5 Å². The van der Waals surface area contributed by atoms with Crippen molar-refractivity contribution >= 4 is 49.4 Å². The number of benzene rings is 1. The van der Waals surface area contributed by atoms with Crippen molar-refractivity contribution in [2.24, 2.45) is 5.92 Å². The molecule has 0 spiro atoms. The molecule has 8 heteroatoms. The molecule has 0 saturated carbocycles. The Labute approximate surface area is 221 Å². The predicted molar refractivity (Wildman–Crippen MR) is 139 cm³/mol. The Bertz CT molecular complexity index is 1230. The quantitative estimate of drug-likeness (QED) is 0.288. The van der Waals surface area contributed by atoms with E-state index in [-0.39, 0.29) is 11.8 Å². The molecule has 1 amide bonds. The maximum Gasteiger partial charge on any atom is 0.226 e. The van der Waals surface area contributed by atoms with Crippen LogP contribution in [0.5, 0.6) is 0 Å². The summed E-state index contributed by atoms with van der Waals surface area (Å²) in [4.78, 5) is 19.8. The lowest BCUT2D eigenvalue weighted by Gasteiger charge is -2.37. The molecule has 5 rings (SSSR count). The number of likely N-dealkylation sites (tertiary alicyclic amines) is 1. The molecule has 2 aliphatic rings. The smallest absolute Gasteiger partial charge is 0.226 e. The minimum Gasteiger partial charge on any atom is -0.619 e. The highest BCUT2D eigenvalue weighted by Gasteiger charge is 2.36. The summed E-state index contributed by atoms with van der Waals surface area (Å²) in [7, 11) is 0. The van der Waals surface area contributed by atoms with Crippen LogP contribution in [0.4, 0.5) is 0 Å².